The summed E-state index contributed by atoms with van der Waals surface area (Å²) in [5, 5.41) is 20.5. The van der Waals surface area contributed by atoms with Gasteiger partial charge in [0.25, 0.3) is 0 Å². The van der Waals surface area contributed by atoms with Gasteiger partial charge < -0.3 is 14.9 Å². The number of nitrogens with zero attached hydrogens (tertiary/aromatic N) is 1. The fourth-order valence-corrected chi connectivity index (χ4v) is 2.29. The Morgan fingerprint density at radius 2 is 1.76 bits per heavy atom. The molecule has 0 aliphatic rings. The van der Waals surface area contributed by atoms with Crippen molar-refractivity contribution in [1.29, 1.82) is 0 Å². The van der Waals surface area contributed by atoms with Gasteiger partial charge in [-0.25, -0.2) is 0 Å². The molecule has 1 atom stereocenters. The summed E-state index contributed by atoms with van der Waals surface area (Å²) < 4.78 is 5.63. The maximum absolute atomic E-state index is 11.0. The Kier molecular flexibility index (Phi) is 7.06. The molecule has 2 aromatic rings. The monoisotopic (exact) mass is 344 g/mol. The maximum Gasteiger partial charge on any atom is 0.317 e. The lowest BCUT2D eigenvalue weighted by atomic mass is 10.1. The summed E-state index contributed by atoms with van der Waals surface area (Å²) >= 11 is 0. The average Bonchev–Trinajstić information content (AvgIpc) is 2.59. The molecule has 0 aliphatic heterocycles. The molecule has 7 nitrogen and oxygen atoms in total. The third-order valence-electron chi connectivity index (χ3n) is 3.43. The molecule has 3 N–H and O–H groups in total. The van der Waals surface area contributed by atoms with E-state index in [1.807, 2.05) is 30.3 Å². The Hall–Kier alpha value is -2.77. The van der Waals surface area contributed by atoms with E-state index in [1.165, 1.54) is 0 Å². The van der Waals surface area contributed by atoms with Crippen LogP contribution >= 0.6 is 0 Å². The summed E-state index contributed by atoms with van der Waals surface area (Å²) in [6.07, 6.45) is -0.255. The number of hydrogen-bond donors (Lipinski definition) is 3. The van der Waals surface area contributed by atoms with Gasteiger partial charge in [-0.15, -0.1) is 0 Å². The van der Waals surface area contributed by atoms with Crippen LogP contribution in [0.3, 0.4) is 0 Å². The molecule has 7 heteroatoms. The minimum absolute atomic E-state index is 0.255. The molecular formula is C18H20N2O5. The third kappa shape index (κ3) is 6.70. The molecule has 0 amide bonds. The van der Waals surface area contributed by atoms with E-state index in [-0.39, 0.29) is 19.6 Å². The van der Waals surface area contributed by atoms with E-state index in [0.717, 1.165) is 5.56 Å². The summed E-state index contributed by atoms with van der Waals surface area (Å²) in [4.78, 5) is 26.1. The van der Waals surface area contributed by atoms with Crippen LogP contribution in [0.1, 0.15) is 29.4 Å². The van der Waals surface area contributed by atoms with Gasteiger partial charge in [0.2, 0.25) is 0 Å². The molecule has 0 fully saturated rings. The largest absolute Gasteiger partial charge is 0.481 e. The number of pyridine rings is 1. The first-order valence-electron chi connectivity index (χ1n) is 7.79. The smallest absolute Gasteiger partial charge is 0.317 e. The van der Waals surface area contributed by atoms with Gasteiger partial charge in [0.1, 0.15) is 0 Å². The Morgan fingerprint density at radius 1 is 1.00 bits per heavy atom. The van der Waals surface area contributed by atoms with Crippen LogP contribution in [-0.2, 0) is 27.5 Å². The molecule has 0 bridgehead atoms. The van der Waals surface area contributed by atoms with Gasteiger partial charge in [-0.05, 0) is 17.7 Å². The molecule has 25 heavy (non-hydrogen) atoms. The second-order valence-corrected chi connectivity index (χ2v) is 5.46. The number of carboxylic acids is 2. The topological polar surface area (TPSA) is 109 Å². The molecule has 1 aromatic carbocycles. The van der Waals surface area contributed by atoms with Crippen molar-refractivity contribution < 1.29 is 24.5 Å². The van der Waals surface area contributed by atoms with E-state index < -0.39 is 18.0 Å². The van der Waals surface area contributed by atoms with Crippen LogP contribution in [-0.4, -0.2) is 33.7 Å². The summed E-state index contributed by atoms with van der Waals surface area (Å²) in [5.74, 6) is -2.09. The van der Waals surface area contributed by atoms with Gasteiger partial charge >= 0.3 is 11.9 Å². The van der Waals surface area contributed by atoms with Crippen LogP contribution in [0.5, 0.6) is 0 Å². The number of benzene rings is 1. The minimum Gasteiger partial charge on any atom is -0.481 e. The Balaban J connectivity index is 1.99. The number of hydrogen-bond acceptors (Lipinski definition) is 5. The van der Waals surface area contributed by atoms with Crippen LogP contribution in [0.25, 0.3) is 0 Å². The zero-order valence-corrected chi connectivity index (χ0v) is 13.6. The highest BCUT2D eigenvalue weighted by molar-refractivity contribution is 5.70. The lowest BCUT2D eigenvalue weighted by Gasteiger charge is -2.16. The Labute approximate surface area is 145 Å². The van der Waals surface area contributed by atoms with Crippen molar-refractivity contribution in [2.45, 2.75) is 25.7 Å². The number of aromatic nitrogens is 1. The number of ether oxygens (including phenoxy) is 1. The molecule has 0 saturated heterocycles. The predicted octanol–water partition coefficient (Wildman–Crippen LogP) is 1.99. The van der Waals surface area contributed by atoms with Crippen molar-refractivity contribution in [3.8, 4) is 0 Å². The zero-order chi connectivity index (χ0) is 18.1. The van der Waals surface area contributed by atoms with Gasteiger partial charge in [0, 0.05) is 0 Å². The number of carboxylic acid groups (broad SMARTS) is 2. The highest BCUT2D eigenvalue weighted by Gasteiger charge is 2.18. The molecule has 0 saturated carbocycles. The first-order valence-corrected chi connectivity index (χ1v) is 7.79. The molecule has 132 valence electrons. The van der Waals surface area contributed by atoms with Crippen molar-refractivity contribution in [3.05, 3.63) is 65.5 Å². The minimum atomic E-state index is -1.06. The van der Waals surface area contributed by atoms with Crippen LogP contribution < -0.4 is 5.32 Å². The van der Waals surface area contributed by atoms with Crippen LogP contribution in [0.2, 0.25) is 0 Å². The van der Waals surface area contributed by atoms with E-state index >= 15 is 0 Å². The van der Waals surface area contributed by atoms with Gasteiger partial charge in [-0.1, -0.05) is 36.4 Å². The van der Waals surface area contributed by atoms with Crippen molar-refractivity contribution in [2.75, 3.05) is 6.54 Å². The standard InChI is InChI=1S/C18H20N2O5/c21-17(22)9-16(19-10-18(23)24)15-8-4-7-14(20-15)12-25-11-13-5-2-1-3-6-13/h1-8,16,19H,9-12H2,(H,21,22)(H,23,24). The van der Waals surface area contributed by atoms with E-state index in [4.69, 9.17) is 14.9 Å². The van der Waals surface area contributed by atoms with Gasteiger partial charge in [0.15, 0.2) is 0 Å². The van der Waals surface area contributed by atoms with E-state index in [1.54, 1.807) is 18.2 Å². The van der Waals surface area contributed by atoms with Crippen LogP contribution in [0, 0.1) is 0 Å². The predicted molar refractivity (Wildman–Crippen MR) is 89.8 cm³/mol. The van der Waals surface area contributed by atoms with Crippen molar-refractivity contribution in [3.63, 3.8) is 0 Å². The van der Waals surface area contributed by atoms with Crippen LogP contribution in [0.4, 0.5) is 0 Å². The van der Waals surface area contributed by atoms with Crippen molar-refractivity contribution in [2.24, 2.45) is 0 Å². The average molecular weight is 344 g/mol. The molecule has 0 spiro atoms. The Bertz CT molecular complexity index is 706. The molecule has 1 aromatic heterocycles. The molecule has 2 rings (SSSR count). The SMILES string of the molecule is O=C(O)CNC(CC(=O)O)c1cccc(COCc2ccccc2)n1. The highest BCUT2D eigenvalue weighted by atomic mass is 16.5. The third-order valence-corrected chi connectivity index (χ3v) is 3.43. The van der Waals surface area contributed by atoms with Gasteiger partial charge in [-0.3, -0.25) is 19.9 Å². The van der Waals surface area contributed by atoms with Crippen molar-refractivity contribution in [1.82, 2.24) is 10.3 Å². The summed E-state index contributed by atoms with van der Waals surface area (Å²) in [5.41, 5.74) is 2.18. The normalized spacial score (nSPS) is 11.8. The van der Waals surface area contributed by atoms with E-state index in [0.29, 0.717) is 18.0 Å². The fraction of sp³-hybridized carbons (Fsp3) is 0.278. The summed E-state index contributed by atoms with van der Waals surface area (Å²) in [6.45, 7) is 0.387. The van der Waals surface area contributed by atoms with Crippen molar-refractivity contribution >= 4 is 11.9 Å². The second kappa shape index (κ2) is 9.51. The van der Waals surface area contributed by atoms with Gasteiger partial charge in [-0.2, -0.15) is 0 Å². The molecule has 1 unspecified atom stereocenters. The molecule has 0 aliphatic carbocycles. The summed E-state index contributed by atoms with van der Waals surface area (Å²) in [6, 6.07) is 14.2. The number of rotatable bonds is 10. The quantitative estimate of drug-likeness (QED) is 0.605. The molecule has 1 heterocycles. The fourth-order valence-electron chi connectivity index (χ4n) is 2.29. The number of aliphatic carboxylic acids is 2. The second-order valence-electron chi connectivity index (χ2n) is 5.46. The van der Waals surface area contributed by atoms with Crippen LogP contribution in [0.15, 0.2) is 48.5 Å². The van der Waals surface area contributed by atoms with E-state index in [9.17, 15) is 9.59 Å². The lowest BCUT2D eigenvalue weighted by molar-refractivity contribution is -0.139. The summed E-state index contributed by atoms with van der Waals surface area (Å²) in [7, 11) is 0. The molecule has 0 radical (unpaired) electrons. The zero-order valence-electron chi connectivity index (χ0n) is 13.6. The Morgan fingerprint density at radius 3 is 2.44 bits per heavy atom. The lowest BCUT2D eigenvalue weighted by Crippen LogP contribution is -2.29. The number of nitrogens with one attached hydrogen (secondary N) is 1. The first kappa shape index (κ1) is 18.6. The van der Waals surface area contributed by atoms with E-state index in [2.05, 4.69) is 10.3 Å². The van der Waals surface area contributed by atoms with Gasteiger partial charge in [0.05, 0.1) is 43.6 Å². The highest BCUT2D eigenvalue weighted by Crippen LogP contribution is 2.15. The molecular weight excluding hydrogens is 324 g/mol. The number of carbonyl (C=O) groups is 2. The maximum atomic E-state index is 11.0. The first-order chi connectivity index (χ1) is 12.0.